The van der Waals surface area contributed by atoms with Crippen LogP contribution in [0.5, 0.6) is 0 Å². The number of nitrogens with one attached hydrogen (secondary N) is 2. The van der Waals surface area contributed by atoms with E-state index in [0.29, 0.717) is 10.2 Å². The van der Waals surface area contributed by atoms with Crippen molar-refractivity contribution in [3.8, 4) is 0 Å². The summed E-state index contributed by atoms with van der Waals surface area (Å²) < 4.78 is 0. The topological polar surface area (TPSA) is 70.7 Å². The van der Waals surface area contributed by atoms with E-state index in [1.54, 1.807) is 12.1 Å². The number of nitrogens with zero attached hydrogens (tertiary/aromatic N) is 2. The average molecular weight is 325 g/mol. The first-order valence-electron chi connectivity index (χ1n) is 6.64. The molecule has 1 aromatic heterocycles. The Morgan fingerprint density at radius 3 is 2.95 bits per heavy atom. The highest BCUT2D eigenvalue weighted by atomic mass is 35.5. The van der Waals surface area contributed by atoms with Gasteiger partial charge < -0.3 is 5.32 Å². The Labute approximate surface area is 132 Å². The first-order chi connectivity index (χ1) is 9.99. The zero-order valence-corrected chi connectivity index (χ0v) is 13.7. The maximum absolute atomic E-state index is 12.2. The van der Waals surface area contributed by atoms with Crippen LogP contribution in [0, 0.1) is 6.92 Å². The van der Waals surface area contributed by atoms with Crippen molar-refractivity contribution in [1.29, 1.82) is 0 Å². The van der Waals surface area contributed by atoms with Crippen LogP contribution in [0.4, 0.5) is 5.69 Å². The molecule has 112 valence electrons. The minimum Gasteiger partial charge on any atom is -0.325 e. The monoisotopic (exact) mass is 324 g/mol. The molecule has 5 nitrogen and oxygen atoms in total. The second-order valence-electron chi connectivity index (χ2n) is 4.63. The molecular weight excluding hydrogens is 308 g/mol. The van der Waals surface area contributed by atoms with Crippen molar-refractivity contribution in [3.05, 3.63) is 34.6 Å². The predicted molar refractivity (Wildman–Crippen MR) is 85.9 cm³/mol. The Balaban J connectivity index is 2.00. The number of aryl methyl sites for hydroxylation is 2. The second kappa shape index (κ2) is 6.95. The molecular formula is C14H17ClN4OS. The van der Waals surface area contributed by atoms with E-state index in [0.717, 1.165) is 23.5 Å². The van der Waals surface area contributed by atoms with Gasteiger partial charge in [0.2, 0.25) is 11.1 Å². The lowest BCUT2D eigenvalue weighted by Crippen LogP contribution is -2.23. The molecule has 0 fully saturated rings. The van der Waals surface area contributed by atoms with Crippen molar-refractivity contribution >= 4 is 35.0 Å². The van der Waals surface area contributed by atoms with Crippen LogP contribution in [0.25, 0.3) is 0 Å². The normalized spacial score (nSPS) is 12.2. The number of carbonyl (C=O) groups excluding carboxylic acids is 1. The molecule has 0 aliphatic carbocycles. The summed E-state index contributed by atoms with van der Waals surface area (Å²) in [5.41, 5.74) is 1.69. The van der Waals surface area contributed by atoms with E-state index in [-0.39, 0.29) is 11.2 Å². The average Bonchev–Trinajstić information content (AvgIpc) is 2.90. The van der Waals surface area contributed by atoms with E-state index >= 15 is 0 Å². The van der Waals surface area contributed by atoms with Crippen molar-refractivity contribution in [2.45, 2.75) is 37.6 Å². The summed E-state index contributed by atoms with van der Waals surface area (Å²) in [5.74, 6) is 0.712. The van der Waals surface area contributed by atoms with Crippen LogP contribution in [-0.2, 0) is 11.2 Å². The molecule has 2 aromatic rings. The fourth-order valence-electron chi connectivity index (χ4n) is 1.66. The second-order valence-corrected chi connectivity index (χ2v) is 6.37. The largest absolute Gasteiger partial charge is 0.325 e. The van der Waals surface area contributed by atoms with E-state index in [1.165, 1.54) is 11.8 Å². The van der Waals surface area contributed by atoms with Gasteiger partial charge in [-0.15, -0.1) is 5.10 Å². The van der Waals surface area contributed by atoms with Crippen LogP contribution in [0.1, 0.15) is 25.2 Å². The van der Waals surface area contributed by atoms with Gasteiger partial charge in [0.15, 0.2) is 0 Å². The quantitative estimate of drug-likeness (QED) is 0.826. The van der Waals surface area contributed by atoms with E-state index in [2.05, 4.69) is 20.5 Å². The molecule has 0 aliphatic heterocycles. The number of anilines is 1. The number of amides is 1. The summed E-state index contributed by atoms with van der Waals surface area (Å²) in [5, 5.41) is 10.7. The van der Waals surface area contributed by atoms with Crippen molar-refractivity contribution in [2.75, 3.05) is 5.32 Å². The molecule has 0 saturated carbocycles. The number of aromatic amines is 1. The van der Waals surface area contributed by atoms with Crippen LogP contribution in [0.15, 0.2) is 23.4 Å². The SMILES string of the molecule is CCc1nc(SC(C)C(=O)Nc2cc(Cl)ccc2C)n[nH]1. The molecule has 1 amide bonds. The van der Waals surface area contributed by atoms with Gasteiger partial charge >= 0.3 is 0 Å². The first kappa shape index (κ1) is 15.9. The molecule has 2 N–H and O–H groups in total. The van der Waals surface area contributed by atoms with Gasteiger partial charge in [-0.25, -0.2) is 4.98 Å². The van der Waals surface area contributed by atoms with Crippen molar-refractivity contribution in [1.82, 2.24) is 15.2 Å². The minimum atomic E-state index is -0.302. The van der Waals surface area contributed by atoms with Crippen molar-refractivity contribution in [2.24, 2.45) is 0 Å². The van der Waals surface area contributed by atoms with Crippen LogP contribution in [-0.4, -0.2) is 26.3 Å². The highest BCUT2D eigenvalue weighted by Gasteiger charge is 2.17. The standard InChI is InChI=1S/C14H17ClN4OS/c1-4-12-17-14(19-18-12)21-9(3)13(20)16-11-7-10(15)6-5-8(11)2/h5-7,9H,4H2,1-3H3,(H,16,20)(H,17,18,19). The van der Waals surface area contributed by atoms with Gasteiger partial charge in [-0.2, -0.15) is 0 Å². The summed E-state index contributed by atoms with van der Waals surface area (Å²) in [6.07, 6.45) is 0.788. The minimum absolute atomic E-state index is 0.104. The third-order valence-electron chi connectivity index (χ3n) is 2.95. The van der Waals surface area contributed by atoms with Crippen LogP contribution in [0.3, 0.4) is 0 Å². The number of halogens is 1. The number of rotatable bonds is 5. The molecule has 0 aliphatic rings. The Kier molecular flexibility index (Phi) is 5.25. The highest BCUT2D eigenvalue weighted by molar-refractivity contribution is 8.00. The first-order valence-corrected chi connectivity index (χ1v) is 7.90. The molecule has 1 aromatic carbocycles. The van der Waals surface area contributed by atoms with Crippen molar-refractivity contribution in [3.63, 3.8) is 0 Å². The maximum atomic E-state index is 12.2. The van der Waals surface area contributed by atoms with Gasteiger partial charge in [-0.1, -0.05) is 36.4 Å². The molecule has 7 heteroatoms. The summed E-state index contributed by atoms with van der Waals surface area (Å²) in [6.45, 7) is 5.74. The Morgan fingerprint density at radius 2 is 2.29 bits per heavy atom. The Hall–Kier alpha value is -1.53. The number of thioether (sulfide) groups is 1. The van der Waals surface area contributed by atoms with Gasteiger partial charge in [0, 0.05) is 17.1 Å². The lowest BCUT2D eigenvalue weighted by molar-refractivity contribution is -0.115. The van der Waals surface area contributed by atoms with E-state index in [9.17, 15) is 4.79 Å². The van der Waals surface area contributed by atoms with Crippen LogP contribution < -0.4 is 5.32 Å². The molecule has 0 spiro atoms. The molecule has 0 radical (unpaired) electrons. The summed E-state index contributed by atoms with van der Waals surface area (Å²) >= 11 is 7.27. The Bertz CT molecular complexity index is 644. The van der Waals surface area contributed by atoms with Crippen molar-refractivity contribution < 1.29 is 4.79 Å². The summed E-state index contributed by atoms with van der Waals surface area (Å²) in [4.78, 5) is 16.5. The zero-order valence-electron chi connectivity index (χ0n) is 12.1. The fraction of sp³-hybridized carbons (Fsp3) is 0.357. The van der Waals surface area contributed by atoms with E-state index in [1.807, 2.05) is 26.8 Å². The van der Waals surface area contributed by atoms with Crippen LogP contribution in [0.2, 0.25) is 5.02 Å². The maximum Gasteiger partial charge on any atom is 0.237 e. The fourth-order valence-corrected chi connectivity index (χ4v) is 2.58. The summed E-state index contributed by atoms with van der Waals surface area (Å²) in [7, 11) is 0. The summed E-state index contributed by atoms with van der Waals surface area (Å²) in [6, 6.07) is 5.41. The number of carbonyl (C=O) groups is 1. The zero-order chi connectivity index (χ0) is 15.4. The van der Waals surface area contributed by atoms with Gasteiger partial charge in [-0.3, -0.25) is 9.89 Å². The smallest absolute Gasteiger partial charge is 0.237 e. The lowest BCUT2D eigenvalue weighted by Gasteiger charge is -2.12. The van der Waals surface area contributed by atoms with Gasteiger partial charge in [-0.05, 0) is 31.5 Å². The van der Waals surface area contributed by atoms with Gasteiger partial charge in [0.25, 0.3) is 0 Å². The number of benzene rings is 1. The number of H-pyrrole nitrogens is 1. The third kappa shape index (κ3) is 4.22. The number of hydrogen-bond donors (Lipinski definition) is 2. The van der Waals surface area contributed by atoms with E-state index in [4.69, 9.17) is 11.6 Å². The van der Waals surface area contributed by atoms with Crippen LogP contribution >= 0.6 is 23.4 Å². The highest BCUT2D eigenvalue weighted by Crippen LogP contribution is 2.23. The van der Waals surface area contributed by atoms with E-state index < -0.39 is 0 Å². The molecule has 0 bridgehead atoms. The Morgan fingerprint density at radius 1 is 1.52 bits per heavy atom. The predicted octanol–water partition coefficient (Wildman–Crippen LogP) is 3.45. The molecule has 1 heterocycles. The lowest BCUT2D eigenvalue weighted by atomic mass is 10.2. The molecule has 2 rings (SSSR count). The van der Waals surface area contributed by atoms with Gasteiger partial charge in [0.05, 0.1) is 5.25 Å². The van der Waals surface area contributed by atoms with Gasteiger partial charge in [0.1, 0.15) is 5.82 Å². The third-order valence-corrected chi connectivity index (χ3v) is 4.15. The molecule has 0 saturated heterocycles. The number of aromatic nitrogens is 3. The molecule has 1 unspecified atom stereocenters. The number of hydrogen-bond acceptors (Lipinski definition) is 4. The molecule has 21 heavy (non-hydrogen) atoms. The molecule has 1 atom stereocenters.